The lowest BCUT2D eigenvalue weighted by atomic mass is 10.1. The second kappa shape index (κ2) is 6.15. The van der Waals surface area contributed by atoms with Gasteiger partial charge in [0.25, 0.3) is 0 Å². The molecule has 0 aromatic heterocycles. The maximum Gasteiger partial charge on any atom is 0.159 e. The normalized spacial score (nSPS) is 10.3. The zero-order chi connectivity index (χ0) is 12.8. The number of hydrogen-bond donors (Lipinski definition) is 1. The Kier molecular flexibility index (Phi) is 4.29. The van der Waals surface area contributed by atoms with Gasteiger partial charge in [-0.3, -0.25) is 0 Å². The van der Waals surface area contributed by atoms with E-state index in [9.17, 15) is 8.78 Å². The lowest BCUT2D eigenvalue weighted by Gasteiger charge is -2.06. The minimum absolute atomic E-state index is 0.725. The Labute approximate surface area is 105 Å². The van der Waals surface area contributed by atoms with E-state index in [-0.39, 0.29) is 0 Å². The molecule has 0 aliphatic rings. The molecule has 0 amide bonds. The second-order valence-electron chi connectivity index (χ2n) is 4.07. The van der Waals surface area contributed by atoms with Crippen molar-refractivity contribution in [2.75, 3.05) is 11.9 Å². The Morgan fingerprint density at radius 2 is 1.78 bits per heavy atom. The highest BCUT2D eigenvalue weighted by Crippen LogP contribution is 2.11. The van der Waals surface area contributed by atoms with Crippen molar-refractivity contribution in [2.45, 2.75) is 12.8 Å². The fourth-order valence-corrected chi connectivity index (χ4v) is 1.73. The minimum atomic E-state index is -0.794. The average molecular weight is 246 g/mol. The molecule has 0 saturated carbocycles. The van der Waals surface area contributed by atoms with Crippen LogP contribution in [-0.4, -0.2) is 6.54 Å². The lowest BCUT2D eigenvalue weighted by molar-refractivity contribution is 0.507. The van der Waals surface area contributed by atoms with Crippen LogP contribution in [0.1, 0.15) is 12.0 Å². The van der Waals surface area contributed by atoms with Gasteiger partial charge in [-0.2, -0.15) is 0 Å². The van der Waals surface area contributed by atoms with Crippen molar-refractivity contribution in [3.8, 4) is 0 Å². The molecule has 2 rings (SSSR count). The average Bonchev–Trinajstić information content (AvgIpc) is 2.40. The summed E-state index contributed by atoms with van der Waals surface area (Å²) in [5.74, 6) is -1.57. The van der Waals surface area contributed by atoms with Gasteiger partial charge < -0.3 is 5.32 Å². The second-order valence-corrected chi connectivity index (χ2v) is 4.07. The van der Waals surface area contributed by atoms with E-state index >= 15 is 0 Å². The first-order valence-electron chi connectivity index (χ1n) is 5.89. The summed E-state index contributed by atoms with van der Waals surface area (Å²) in [5.41, 5.74) is 1.86. The van der Waals surface area contributed by atoms with Crippen LogP contribution < -0.4 is 5.32 Å². The molecule has 0 fully saturated rings. The van der Waals surface area contributed by atoms with Crippen molar-refractivity contribution in [3.63, 3.8) is 0 Å². The number of nitrogens with one attached hydrogen (secondary N) is 1. The molecule has 1 N–H and O–H groups in total. The van der Waals surface area contributed by atoms with E-state index in [4.69, 9.17) is 0 Å². The van der Waals surface area contributed by atoms with Crippen LogP contribution in [0.25, 0.3) is 0 Å². The van der Waals surface area contributed by atoms with Crippen molar-refractivity contribution in [2.24, 2.45) is 0 Å². The maximum absolute atomic E-state index is 13.0. The zero-order valence-electron chi connectivity index (χ0n) is 9.92. The molecule has 1 radical (unpaired) electrons. The molecule has 0 atom stereocenters. The highest BCUT2D eigenvalue weighted by atomic mass is 19.2. The zero-order valence-corrected chi connectivity index (χ0v) is 9.92. The highest BCUT2D eigenvalue weighted by Gasteiger charge is 2.02. The van der Waals surface area contributed by atoms with Gasteiger partial charge in [0.05, 0.1) is 0 Å². The van der Waals surface area contributed by atoms with Gasteiger partial charge >= 0.3 is 0 Å². The maximum atomic E-state index is 13.0. The molecule has 3 heteroatoms. The van der Waals surface area contributed by atoms with E-state index in [2.05, 4.69) is 11.4 Å². The fraction of sp³-hybridized carbons (Fsp3) is 0.200. The Hall–Kier alpha value is -1.90. The van der Waals surface area contributed by atoms with E-state index in [1.54, 1.807) is 6.07 Å². The van der Waals surface area contributed by atoms with Crippen LogP contribution in [-0.2, 0) is 6.42 Å². The summed E-state index contributed by atoms with van der Waals surface area (Å²) < 4.78 is 25.7. The van der Waals surface area contributed by atoms with Crippen molar-refractivity contribution in [3.05, 3.63) is 65.7 Å². The van der Waals surface area contributed by atoms with Gasteiger partial charge in [0, 0.05) is 12.2 Å². The van der Waals surface area contributed by atoms with Crippen LogP contribution >= 0.6 is 0 Å². The number of halogens is 2. The standard InChI is InChI=1S/C15H14F2N/c16-14-9-8-12(11-15(14)17)5-4-10-18-13-6-2-1-3-7-13/h2-3,6-9,11,18H,4-5,10H2. The number of anilines is 1. The fourth-order valence-electron chi connectivity index (χ4n) is 1.73. The molecule has 2 aromatic rings. The van der Waals surface area contributed by atoms with Gasteiger partial charge in [-0.15, -0.1) is 0 Å². The van der Waals surface area contributed by atoms with Gasteiger partial charge in [0.1, 0.15) is 0 Å². The van der Waals surface area contributed by atoms with Gasteiger partial charge in [-0.1, -0.05) is 18.2 Å². The Morgan fingerprint density at radius 3 is 2.50 bits per heavy atom. The van der Waals surface area contributed by atoms with Gasteiger partial charge in [0.2, 0.25) is 0 Å². The largest absolute Gasteiger partial charge is 0.385 e. The Bertz CT molecular complexity index is 497. The quantitative estimate of drug-likeness (QED) is 0.791. The molecule has 0 aliphatic heterocycles. The summed E-state index contributed by atoms with van der Waals surface area (Å²) in [4.78, 5) is 0. The predicted octanol–water partition coefficient (Wildman–Crippen LogP) is 3.81. The van der Waals surface area contributed by atoms with Crippen LogP contribution in [0.4, 0.5) is 14.5 Å². The molecule has 0 heterocycles. The summed E-state index contributed by atoms with van der Waals surface area (Å²) in [7, 11) is 0. The summed E-state index contributed by atoms with van der Waals surface area (Å²) >= 11 is 0. The molecule has 1 nitrogen and oxygen atoms in total. The van der Waals surface area contributed by atoms with Crippen molar-refractivity contribution in [1.82, 2.24) is 0 Å². The number of hydrogen-bond acceptors (Lipinski definition) is 1. The van der Waals surface area contributed by atoms with Crippen molar-refractivity contribution >= 4 is 5.69 Å². The van der Waals surface area contributed by atoms with Crippen LogP contribution in [0.2, 0.25) is 0 Å². The SMILES string of the molecule is Fc1ccc(CCCNc2cc[c]cc2)cc1F. The third-order valence-corrected chi connectivity index (χ3v) is 2.67. The smallest absolute Gasteiger partial charge is 0.159 e. The topological polar surface area (TPSA) is 12.0 Å². The number of aryl methyl sites for hydroxylation is 1. The molecule has 0 bridgehead atoms. The van der Waals surface area contributed by atoms with Crippen LogP contribution in [0.5, 0.6) is 0 Å². The van der Waals surface area contributed by atoms with E-state index in [0.717, 1.165) is 30.6 Å². The van der Waals surface area contributed by atoms with Gasteiger partial charge in [0.15, 0.2) is 11.6 Å². The Balaban J connectivity index is 1.77. The lowest BCUT2D eigenvalue weighted by Crippen LogP contribution is -2.03. The Morgan fingerprint density at radius 1 is 1.00 bits per heavy atom. The van der Waals surface area contributed by atoms with E-state index in [1.165, 1.54) is 12.1 Å². The third-order valence-electron chi connectivity index (χ3n) is 2.67. The molecular formula is C15H14F2N. The van der Waals surface area contributed by atoms with E-state index in [0.29, 0.717) is 0 Å². The van der Waals surface area contributed by atoms with Crippen LogP contribution in [0, 0.1) is 17.7 Å². The summed E-state index contributed by atoms with van der Waals surface area (Å²) in [6, 6.07) is 14.6. The minimum Gasteiger partial charge on any atom is -0.385 e. The molecule has 0 unspecified atom stereocenters. The van der Waals surface area contributed by atoms with E-state index < -0.39 is 11.6 Å². The van der Waals surface area contributed by atoms with E-state index in [1.807, 2.05) is 24.3 Å². The molecular weight excluding hydrogens is 232 g/mol. The first-order valence-corrected chi connectivity index (χ1v) is 5.89. The summed E-state index contributed by atoms with van der Waals surface area (Å²) in [5, 5.41) is 3.25. The molecule has 93 valence electrons. The number of rotatable bonds is 5. The van der Waals surface area contributed by atoms with Gasteiger partial charge in [-0.25, -0.2) is 8.78 Å². The first-order chi connectivity index (χ1) is 8.75. The number of benzene rings is 2. The molecule has 18 heavy (non-hydrogen) atoms. The highest BCUT2D eigenvalue weighted by molar-refractivity contribution is 5.41. The third kappa shape index (κ3) is 3.55. The summed E-state index contributed by atoms with van der Waals surface area (Å²) in [6.07, 6.45) is 1.59. The molecule has 0 spiro atoms. The van der Waals surface area contributed by atoms with Gasteiger partial charge in [-0.05, 0) is 48.7 Å². The molecule has 0 saturated heterocycles. The predicted molar refractivity (Wildman–Crippen MR) is 68.4 cm³/mol. The molecule has 2 aromatic carbocycles. The van der Waals surface area contributed by atoms with Crippen LogP contribution in [0.3, 0.4) is 0 Å². The van der Waals surface area contributed by atoms with Crippen LogP contribution in [0.15, 0.2) is 42.5 Å². The van der Waals surface area contributed by atoms with Crippen molar-refractivity contribution < 1.29 is 8.78 Å². The summed E-state index contributed by atoms with van der Waals surface area (Å²) in [6.45, 7) is 0.795. The monoisotopic (exact) mass is 246 g/mol. The first kappa shape index (κ1) is 12.6. The molecule has 0 aliphatic carbocycles. The van der Waals surface area contributed by atoms with Crippen molar-refractivity contribution in [1.29, 1.82) is 0 Å².